The van der Waals surface area contributed by atoms with Crippen LogP contribution in [0.5, 0.6) is 0 Å². The number of rotatable bonds is 6. The fraction of sp³-hybridized carbons (Fsp3) is 0.467. The summed E-state index contributed by atoms with van der Waals surface area (Å²) in [5.41, 5.74) is 2.32. The van der Waals surface area contributed by atoms with Crippen molar-refractivity contribution in [2.24, 2.45) is 0 Å². The van der Waals surface area contributed by atoms with Crippen LogP contribution in [0.15, 0.2) is 18.2 Å². The second-order valence-electron chi connectivity index (χ2n) is 4.72. The molecule has 0 atom stereocenters. The van der Waals surface area contributed by atoms with E-state index in [9.17, 15) is 4.79 Å². The van der Waals surface area contributed by atoms with E-state index in [1.54, 1.807) is 11.3 Å². The third kappa shape index (κ3) is 3.77. The number of thiazole rings is 1. The van der Waals surface area contributed by atoms with Crippen LogP contribution in [0.2, 0.25) is 0 Å². The summed E-state index contributed by atoms with van der Waals surface area (Å²) in [4.78, 5) is 16.0. The summed E-state index contributed by atoms with van der Waals surface area (Å²) in [6.45, 7) is 4.20. The van der Waals surface area contributed by atoms with Crippen molar-refractivity contribution in [1.82, 2.24) is 4.98 Å². The van der Waals surface area contributed by atoms with E-state index in [-0.39, 0.29) is 5.91 Å². The minimum atomic E-state index is 0.0489. The molecule has 0 radical (unpaired) electrons. The molecule has 0 unspecified atom stereocenters. The largest absolute Gasteiger partial charge is 0.302 e. The number of aromatic nitrogens is 1. The topological polar surface area (TPSA) is 42.0 Å². The van der Waals surface area contributed by atoms with Crippen molar-refractivity contribution in [3.05, 3.63) is 23.8 Å². The van der Waals surface area contributed by atoms with E-state index >= 15 is 0 Å². The van der Waals surface area contributed by atoms with E-state index in [4.69, 9.17) is 0 Å². The van der Waals surface area contributed by atoms with Crippen LogP contribution in [0.4, 0.5) is 5.13 Å². The first-order valence-corrected chi connectivity index (χ1v) is 7.74. The number of amides is 1. The number of hydrogen-bond donors (Lipinski definition) is 1. The molecule has 0 saturated carbocycles. The van der Waals surface area contributed by atoms with Crippen molar-refractivity contribution in [3.8, 4) is 0 Å². The van der Waals surface area contributed by atoms with E-state index in [0.29, 0.717) is 11.6 Å². The molecule has 102 valence electrons. The Bertz CT molecular complexity index is 562. The molecule has 19 heavy (non-hydrogen) atoms. The van der Waals surface area contributed by atoms with Gasteiger partial charge < -0.3 is 5.32 Å². The Kier molecular flexibility index (Phi) is 4.91. The average Bonchev–Trinajstić information content (AvgIpc) is 2.77. The van der Waals surface area contributed by atoms with Gasteiger partial charge in [-0.2, -0.15) is 0 Å². The van der Waals surface area contributed by atoms with Crippen LogP contribution in [0.3, 0.4) is 0 Å². The van der Waals surface area contributed by atoms with Gasteiger partial charge in [0.05, 0.1) is 10.2 Å². The number of nitrogens with zero attached hydrogens (tertiary/aromatic N) is 1. The lowest BCUT2D eigenvalue weighted by atomic mass is 10.1. The first kappa shape index (κ1) is 14.0. The number of fused-ring (bicyclic) bond motifs is 1. The summed E-state index contributed by atoms with van der Waals surface area (Å²) in [7, 11) is 0. The Morgan fingerprint density at radius 1 is 1.32 bits per heavy atom. The summed E-state index contributed by atoms with van der Waals surface area (Å²) in [6, 6.07) is 6.37. The number of aryl methyl sites for hydroxylation is 1. The van der Waals surface area contributed by atoms with Crippen molar-refractivity contribution in [3.63, 3.8) is 0 Å². The zero-order valence-corrected chi connectivity index (χ0v) is 12.3. The van der Waals surface area contributed by atoms with Crippen molar-refractivity contribution < 1.29 is 4.79 Å². The monoisotopic (exact) mass is 276 g/mol. The number of nitrogens with one attached hydrogen (secondary N) is 1. The number of anilines is 1. The fourth-order valence-electron chi connectivity index (χ4n) is 1.97. The summed E-state index contributed by atoms with van der Waals surface area (Å²) in [5, 5.41) is 3.57. The highest BCUT2D eigenvalue weighted by Gasteiger charge is 2.07. The molecule has 1 heterocycles. The minimum absolute atomic E-state index is 0.0489. The predicted octanol–water partition coefficient (Wildman–Crippen LogP) is 4.38. The van der Waals surface area contributed by atoms with Crippen LogP contribution in [0.1, 0.15) is 45.1 Å². The third-order valence-corrected chi connectivity index (χ3v) is 3.93. The number of unbranched alkanes of at least 4 members (excludes halogenated alkanes) is 1. The Morgan fingerprint density at radius 3 is 2.89 bits per heavy atom. The maximum Gasteiger partial charge on any atom is 0.226 e. The second kappa shape index (κ2) is 6.66. The molecule has 2 aromatic rings. The molecule has 0 aliphatic heterocycles. The summed E-state index contributed by atoms with van der Waals surface area (Å²) in [5.74, 6) is 0.0489. The Balaban J connectivity index is 2.13. The molecule has 0 aliphatic carbocycles. The number of hydrogen-bond acceptors (Lipinski definition) is 3. The van der Waals surface area contributed by atoms with Gasteiger partial charge in [-0.1, -0.05) is 37.7 Å². The zero-order chi connectivity index (χ0) is 13.7. The van der Waals surface area contributed by atoms with Crippen molar-refractivity contribution in [2.75, 3.05) is 5.32 Å². The van der Waals surface area contributed by atoms with Gasteiger partial charge in [-0.05, 0) is 37.0 Å². The van der Waals surface area contributed by atoms with Gasteiger partial charge in [0.1, 0.15) is 0 Å². The summed E-state index contributed by atoms with van der Waals surface area (Å²) in [6.07, 6.45) is 4.95. The summed E-state index contributed by atoms with van der Waals surface area (Å²) < 4.78 is 1.15. The van der Waals surface area contributed by atoms with Crippen LogP contribution in [0.25, 0.3) is 10.2 Å². The molecule has 2 rings (SSSR count). The molecule has 3 nitrogen and oxygen atoms in total. The highest BCUT2D eigenvalue weighted by molar-refractivity contribution is 7.22. The van der Waals surface area contributed by atoms with E-state index < -0.39 is 0 Å². The molecule has 0 aliphatic rings. The number of benzene rings is 1. The number of carbonyl (C=O) groups excluding carboxylic acids is 1. The van der Waals surface area contributed by atoms with Crippen LogP contribution in [-0.4, -0.2) is 10.9 Å². The Morgan fingerprint density at radius 2 is 2.16 bits per heavy atom. The normalized spacial score (nSPS) is 10.8. The van der Waals surface area contributed by atoms with Gasteiger partial charge in [-0.15, -0.1) is 0 Å². The molecule has 1 N–H and O–H groups in total. The predicted molar refractivity (Wildman–Crippen MR) is 81.8 cm³/mol. The first-order chi connectivity index (χ1) is 9.22. The standard InChI is InChI=1S/C15H20N2OS/c1-3-5-7-11-8-9-12-13(10-11)19-15(16-12)17-14(18)6-4-2/h8-10H,3-7H2,1-2H3,(H,16,17,18). The van der Waals surface area contributed by atoms with Crippen molar-refractivity contribution in [2.45, 2.75) is 46.0 Å². The Hall–Kier alpha value is -1.42. The lowest BCUT2D eigenvalue weighted by molar-refractivity contribution is -0.116. The van der Waals surface area contributed by atoms with Gasteiger partial charge in [0.25, 0.3) is 0 Å². The average molecular weight is 276 g/mol. The van der Waals surface area contributed by atoms with Gasteiger partial charge in [0.2, 0.25) is 5.91 Å². The first-order valence-electron chi connectivity index (χ1n) is 6.92. The van der Waals surface area contributed by atoms with Crippen molar-refractivity contribution >= 4 is 32.6 Å². The minimum Gasteiger partial charge on any atom is -0.302 e. The molecule has 1 amide bonds. The SMILES string of the molecule is CCCCc1ccc2nc(NC(=O)CCC)sc2c1. The van der Waals surface area contributed by atoms with Crippen LogP contribution >= 0.6 is 11.3 Å². The molecular formula is C15H20N2OS. The molecule has 0 fully saturated rings. The molecule has 0 spiro atoms. The van der Waals surface area contributed by atoms with E-state index in [0.717, 1.165) is 23.1 Å². The van der Waals surface area contributed by atoms with Crippen LogP contribution < -0.4 is 5.32 Å². The zero-order valence-electron chi connectivity index (χ0n) is 11.5. The highest BCUT2D eigenvalue weighted by Crippen LogP contribution is 2.27. The fourth-order valence-corrected chi connectivity index (χ4v) is 2.91. The maximum absolute atomic E-state index is 11.6. The molecule has 1 aromatic heterocycles. The summed E-state index contributed by atoms with van der Waals surface area (Å²) >= 11 is 1.56. The molecule has 0 saturated heterocycles. The maximum atomic E-state index is 11.6. The van der Waals surface area contributed by atoms with Gasteiger partial charge in [0.15, 0.2) is 5.13 Å². The molecular weight excluding hydrogens is 256 g/mol. The highest BCUT2D eigenvalue weighted by atomic mass is 32.1. The van der Waals surface area contributed by atoms with Gasteiger partial charge in [-0.3, -0.25) is 4.79 Å². The van der Waals surface area contributed by atoms with Crippen LogP contribution in [0, 0.1) is 0 Å². The van der Waals surface area contributed by atoms with Gasteiger partial charge >= 0.3 is 0 Å². The quantitative estimate of drug-likeness (QED) is 0.850. The van der Waals surface area contributed by atoms with E-state index in [1.807, 2.05) is 13.0 Å². The van der Waals surface area contributed by atoms with E-state index in [1.165, 1.54) is 18.4 Å². The molecule has 0 bridgehead atoms. The second-order valence-corrected chi connectivity index (χ2v) is 5.75. The number of carbonyl (C=O) groups is 1. The van der Waals surface area contributed by atoms with Gasteiger partial charge in [-0.25, -0.2) is 4.98 Å². The Labute approximate surface area is 118 Å². The van der Waals surface area contributed by atoms with E-state index in [2.05, 4.69) is 29.4 Å². The molecule has 4 heteroatoms. The molecule has 1 aromatic carbocycles. The lowest BCUT2D eigenvalue weighted by Gasteiger charge is -1.98. The third-order valence-electron chi connectivity index (χ3n) is 3.00. The van der Waals surface area contributed by atoms with Crippen LogP contribution in [-0.2, 0) is 11.2 Å². The van der Waals surface area contributed by atoms with Gasteiger partial charge in [0, 0.05) is 6.42 Å². The van der Waals surface area contributed by atoms with Crippen molar-refractivity contribution in [1.29, 1.82) is 0 Å². The smallest absolute Gasteiger partial charge is 0.226 e. The lowest BCUT2D eigenvalue weighted by Crippen LogP contribution is -2.09.